The summed E-state index contributed by atoms with van der Waals surface area (Å²) in [6, 6.07) is 5.16. The molecule has 0 radical (unpaired) electrons. The van der Waals surface area contributed by atoms with E-state index in [1.165, 1.54) is 6.92 Å². The first-order chi connectivity index (χ1) is 11.9. The molecule has 2 unspecified atom stereocenters. The van der Waals surface area contributed by atoms with E-state index in [0.717, 1.165) is 29.1 Å². The third-order valence-electron chi connectivity index (χ3n) is 4.39. The predicted molar refractivity (Wildman–Crippen MR) is 99.3 cm³/mol. The zero-order chi connectivity index (χ0) is 18.1. The molecule has 0 spiro atoms. The Balaban J connectivity index is 2.04. The fourth-order valence-corrected chi connectivity index (χ4v) is 3.78. The summed E-state index contributed by atoms with van der Waals surface area (Å²) >= 11 is 1.64. The number of Topliss-reactive ketones (excluding diaryl/α,β-unsaturated/α-hetero) is 1. The maximum absolute atomic E-state index is 12.6. The number of carbonyl (C=O) groups excluding carboxylic acids is 2. The van der Waals surface area contributed by atoms with Crippen LogP contribution in [0.3, 0.4) is 0 Å². The Morgan fingerprint density at radius 3 is 2.88 bits per heavy atom. The molecule has 0 aliphatic carbocycles. The van der Waals surface area contributed by atoms with E-state index in [1.54, 1.807) is 30.1 Å². The van der Waals surface area contributed by atoms with Gasteiger partial charge >= 0.3 is 0 Å². The second-order valence-electron chi connectivity index (χ2n) is 6.31. The average Bonchev–Trinajstić information content (AvgIpc) is 3.04. The average molecular weight is 358 g/mol. The van der Waals surface area contributed by atoms with E-state index in [4.69, 9.17) is 4.74 Å². The Hall–Kier alpha value is -2.21. The number of amides is 1. The largest absolute Gasteiger partial charge is 0.479 e. The van der Waals surface area contributed by atoms with Gasteiger partial charge in [-0.3, -0.25) is 14.5 Å². The number of thiazole rings is 1. The fraction of sp³-hybridized carbons (Fsp3) is 0.421. The van der Waals surface area contributed by atoms with E-state index in [1.807, 2.05) is 23.6 Å². The molecule has 3 rings (SSSR count). The third kappa shape index (κ3) is 3.31. The van der Waals surface area contributed by atoms with Crippen molar-refractivity contribution in [2.45, 2.75) is 52.7 Å². The van der Waals surface area contributed by atoms with Crippen LogP contribution in [0.4, 0.5) is 5.69 Å². The van der Waals surface area contributed by atoms with Gasteiger partial charge in [-0.15, -0.1) is 11.3 Å². The highest BCUT2D eigenvalue weighted by molar-refractivity contribution is 7.09. The molecule has 132 valence electrons. The van der Waals surface area contributed by atoms with Crippen LogP contribution in [-0.4, -0.2) is 28.8 Å². The SMILES string of the molecule is CCCc1nc(-c2ccc3c(c2)N(C(C)C(C)=O)C(=O)C(C)O3)cs1. The number of nitrogens with zero attached hydrogens (tertiary/aromatic N) is 2. The highest BCUT2D eigenvalue weighted by Gasteiger charge is 2.36. The summed E-state index contributed by atoms with van der Waals surface area (Å²) in [5.74, 6) is 0.364. The van der Waals surface area contributed by atoms with Crippen LogP contribution in [0.1, 0.15) is 39.1 Å². The smallest absolute Gasteiger partial charge is 0.268 e. The van der Waals surface area contributed by atoms with Gasteiger partial charge in [0.1, 0.15) is 5.75 Å². The van der Waals surface area contributed by atoms with E-state index in [0.29, 0.717) is 11.4 Å². The molecule has 2 atom stereocenters. The van der Waals surface area contributed by atoms with Gasteiger partial charge in [-0.1, -0.05) is 6.92 Å². The Labute approximate surface area is 151 Å². The zero-order valence-electron chi connectivity index (χ0n) is 14.9. The summed E-state index contributed by atoms with van der Waals surface area (Å²) in [4.78, 5) is 30.7. The second-order valence-corrected chi connectivity index (χ2v) is 7.26. The number of hydrogen-bond donors (Lipinski definition) is 0. The van der Waals surface area contributed by atoms with Crippen molar-refractivity contribution in [2.75, 3.05) is 4.90 Å². The monoisotopic (exact) mass is 358 g/mol. The zero-order valence-corrected chi connectivity index (χ0v) is 15.7. The molecule has 1 aromatic heterocycles. The maximum atomic E-state index is 12.6. The maximum Gasteiger partial charge on any atom is 0.268 e. The predicted octanol–water partition coefficient (Wildman–Crippen LogP) is 3.85. The topological polar surface area (TPSA) is 59.5 Å². The van der Waals surface area contributed by atoms with Gasteiger partial charge in [0, 0.05) is 10.9 Å². The normalized spacial score (nSPS) is 17.8. The Morgan fingerprint density at radius 1 is 1.44 bits per heavy atom. The quantitative estimate of drug-likeness (QED) is 0.814. The van der Waals surface area contributed by atoms with Crippen LogP contribution in [0.5, 0.6) is 5.75 Å². The summed E-state index contributed by atoms with van der Waals surface area (Å²) < 4.78 is 5.72. The lowest BCUT2D eigenvalue weighted by Gasteiger charge is -2.36. The van der Waals surface area contributed by atoms with Crippen LogP contribution in [0.25, 0.3) is 11.3 Å². The molecule has 0 bridgehead atoms. The van der Waals surface area contributed by atoms with Crippen molar-refractivity contribution in [1.29, 1.82) is 0 Å². The molecule has 1 amide bonds. The Bertz CT molecular complexity index is 815. The minimum Gasteiger partial charge on any atom is -0.479 e. The molecule has 1 aromatic carbocycles. The summed E-state index contributed by atoms with van der Waals surface area (Å²) in [7, 11) is 0. The molecule has 1 aliphatic rings. The summed E-state index contributed by atoms with van der Waals surface area (Å²) in [5.41, 5.74) is 2.44. The number of anilines is 1. The standard InChI is InChI=1S/C19H22N2O3S/c1-5-6-18-20-15(10-25-18)14-7-8-17-16(9-14)21(11(2)12(3)22)19(23)13(4)24-17/h7-11,13H,5-6H2,1-4H3. The number of hydrogen-bond acceptors (Lipinski definition) is 5. The Morgan fingerprint density at radius 2 is 2.20 bits per heavy atom. The molecule has 0 saturated carbocycles. The van der Waals surface area contributed by atoms with Crippen LogP contribution in [0, 0.1) is 0 Å². The van der Waals surface area contributed by atoms with Crippen LogP contribution < -0.4 is 9.64 Å². The van der Waals surface area contributed by atoms with E-state index < -0.39 is 12.1 Å². The van der Waals surface area contributed by atoms with Crippen LogP contribution >= 0.6 is 11.3 Å². The molecule has 0 saturated heterocycles. The van der Waals surface area contributed by atoms with Gasteiger partial charge in [-0.05, 0) is 51.8 Å². The van der Waals surface area contributed by atoms with E-state index in [9.17, 15) is 9.59 Å². The molecule has 6 heteroatoms. The lowest BCUT2D eigenvalue weighted by molar-refractivity contribution is -0.128. The Kier molecular flexibility index (Phi) is 4.90. The number of aryl methyl sites for hydroxylation is 1. The molecule has 25 heavy (non-hydrogen) atoms. The van der Waals surface area contributed by atoms with Crippen molar-refractivity contribution in [3.63, 3.8) is 0 Å². The van der Waals surface area contributed by atoms with Gasteiger partial charge in [0.15, 0.2) is 11.9 Å². The van der Waals surface area contributed by atoms with Crippen molar-refractivity contribution in [1.82, 2.24) is 4.98 Å². The molecule has 0 N–H and O–H groups in total. The molecule has 0 fully saturated rings. The molecule has 1 aliphatic heterocycles. The molecule has 2 heterocycles. The number of carbonyl (C=O) groups is 2. The summed E-state index contributed by atoms with van der Waals surface area (Å²) in [6.45, 7) is 7.08. The lowest BCUT2D eigenvalue weighted by atomic mass is 10.1. The van der Waals surface area contributed by atoms with Crippen molar-refractivity contribution >= 4 is 28.7 Å². The fourth-order valence-electron chi connectivity index (χ4n) is 2.87. The van der Waals surface area contributed by atoms with E-state index in [-0.39, 0.29) is 11.7 Å². The first kappa shape index (κ1) is 17.6. The van der Waals surface area contributed by atoms with Crippen molar-refractivity contribution in [2.24, 2.45) is 0 Å². The highest BCUT2D eigenvalue weighted by Crippen LogP contribution is 2.39. The van der Waals surface area contributed by atoms with E-state index in [2.05, 4.69) is 11.9 Å². The summed E-state index contributed by atoms with van der Waals surface area (Å²) in [5, 5.41) is 3.13. The van der Waals surface area contributed by atoms with Crippen LogP contribution in [0.2, 0.25) is 0 Å². The van der Waals surface area contributed by atoms with Crippen molar-refractivity contribution in [3.05, 3.63) is 28.6 Å². The van der Waals surface area contributed by atoms with Gasteiger partial charge in [0.25, 0.3) is 5.91 Å². The molecular formula is C19H22N2O3S. The number of ether oxygens (including phenoxy) is 1. The van der Waals surface area contributed by atoms with Crippen LogP contribution in [-0.2, 0) is 16.0 Å². The molecule has 5 nitrogen and oxygen atoms in total. The summed E-state index contributed by atoms with van der Waals surface area (Å²) in [6.07, 6.45) is 1.42. The minimum absolute atomic E-state index is 0.0577. The molecular weight excluding hydrogens is 336 g/mol. The second kappa shape index (κ2) is 6.96. The van der Waals surface area contributed by atoms with E-state index >= 15 is 0 Å². The molecule has 2 aromatic rings. The van der Waals surface area contributed by atoms with Crippen LogP contribution in [0.15, 0.2) is 23.6 Å². The lowest BCUT2D eigenvalue weighted by Crippen LogP contribution is -2.51. The van der Waals surface area contributed by atoms with Crippen molar-refractivity contribution < 1.29 is 14.3 Å². The van der Waals surface area contributed by atoms with Gasteiger partial charge < -0.3 is 4.74 Å². The number of benzene rings is 1. The number of rotatable bonds is 5. The minimum atomic E-state index is -0.601. The van der Waals surface area contributed by atoms with Gasteiger partial charge in [0.2, 0.25) is 0 Å². The van der Waals surface area contributed by atoms with Crippen molar-refractivity contribution in [3.8, 4) is 17.0 Å². The van der Waals surface area contributed by atoms with Gasteiger partial charge in [-0.25, -0.2) is 4.98 Å². The third-order valence-corrected chi connectivity index (χ3v) is 5.30. The number of aromatic nitrogens is 1. The number of fused-ring (bicyclic) bond motifs is 1. The highest BCUT2D eigenvalue weighted by atomic mass is 32.1. The first-order valence-electron chi connectivity index (χ1n) is 8.51. The van der Waals surface area contributed by atoms with Gasteiger partial charge in [0.05, 0.1) is 22.4 Å². The first-order valence-corrected chi connectivity index (χ1v) is 9.39. The number of ketones is 1. The van der Waals surface area contributed by atoms with Gasteiger partial charge in [-0.2, -0.15) is 0 Å².